The molecule has 0 radical (unpaired) electrons. The second-order valence-corrected chi connectivity index (χ2v) is 6.77. The van der Waals surface area contributed by atoms with Gasteiger partial charge < -0.3 is 10.2 Å². The van der Waals surface area contributed by atoms with Gasteiger partial charge in [0.2, 0.25) is 5.91 Å². The van der Waals surface area contributed by atoms with Crippen LogP contribution in [0.15, 0.2) is 48.5 Å². The molecule has 5 heteroatoms. The molecule has 2 aromatic rings. The molecule has 0 aromatic heterocycles. The highest BCUT2D eigenvalue weighted by Gasteiger charge is 2.38. The van der Waals surface area contributed by atoms with Crippen LogP contribution in [0.25, 0.3) is 11.1 Å². The third-order valence-corrected chi connectivity index (χ3v) is 5.08. The fourth-order valence-corrected chi connectivity index (χ4v) is 3.80. The highest BCUT2D eigenvalue weighted by molar-refractivity contribution is 5.95. The van der Waals surface area contributed by atoms with E-state index in [4.69, 9.17) is 0 Å². The summed E-state index contributed by atoms with van der Waals surface area (Å²) in [5.74, 6) is -0.0419. The van der Waals surface area contributed by atoms with Crippen LogP contribution in [0.2, 0.25) is 0 Å². The van der Waals surface area contributed by atoms with Crippen molar-refractivity contribution in [3.05, 3.63) is 59.9 Å². The van der Waals surface area contributed by atoms with E-state index < -0.39 is 0 Å². The van der Waals surface area contributed by atoms with E-state index in [2.05, 4.69) is 5.32 Å². The molecule has 0 aliphatic carbocycles. The van der Waals surface area contributed by atoms with Gasteiger partial charge in [-0.15, -0.1) is 0 Å². The molecule has 128 valence electrons. The molecule has 2 aliphatic rings. The minimum Gasteiger partial charge on any atom is -0.353 e. The number of carbonyl (C=O) groups is 2. The zero-order valence-electron chi connectivity index (χ0n) is 13.7. The van der Waals surface area contributed by atoms with Crippen LogP contribution >= 0.6 is 0 Å². The van der Waals surface area contributed by atoms with Gasteiger partial charge in [0.1, 0.15) is 5.82 Å². The van der Waals surface area contributed by atoms with Gasteiger partial charge in [-0.2, -0.15) is 0 Å². The summed E-state index contributed by atoms with van der Waals surface area (Å²) >= 11 is 0. The average molecular weight is 338 g/mol. The number of carbonyl (C=O) groups excluding carboxylic acids is 2. The molecule has 2 fully saturated rings. The lowest BCUT2D eigenvalue weighted by Gasteiger charge is -2.34. The number of amides is 2. The molecule has 2 amide bonds. The number of likely N-dealkylation sites (tertiary alicyclic amines) is 1. The summed E-state index contributed by atoms with van der Waals surface area (Å²) in [6.45, 7) is 1.25. The second kappa shape index (κ2) is 6.31. The van der Waals surface area contributed by atoms with E-state index >= 15 is 0 Å². The Bertz CT molecular complexity index is 836. The predicted octanol–water partition coefficient (Wildman–Crippen LogP) is 2.84. The van der Waals surface area contributed by atoms with Gasteiger partial charge in [0, 0.05) is 37.0 Å². The lowest BCUT2D eigenvalue weighted by molar-refractivity contribution is -0.119. The summed E-state index contributed by atoms with van der Waals surface area (Å²) in [6.07, 6.45) is 1.30. The van der Waals surface area contributed by atoms with E-state index in [-0.39, 0.29) is 29.6 Å². The first kappa shape index (κ1) is 15.8. The Balaban J connectivity index is 1.55. The lowest BCUT2D eigenvalue weighted by Crippen LogP contribution is -2.47. The molecule has 4 nitrogen and oxygen atoms in total. The van der Waals surface area contributed by atoms with Crippen LogP contribution in [-0.2, 0) is 4.79 Å². The van der Waals surface area contributed by atoms with Crippen molar-refractivity contribution in [3.63, 3.8) is 0 Å². The van der Waals surface area contributed by atoms with Gasteiger partial charge in [-0.3, -0.25) is 9.59 Å². The highest BCUT2D eigenvalue weighted by Crippen LogP contribution is 2.27. The third-order valence-electron chi connectivity index (χ3n) is 5.08. The monoisotopic (exact) mass is 338 g/mol. The molecule has 2 aromatic carbocycles. The fourth-order valence-electron chi connectivity index (χ4n) is 3.80. The molecule has 0 bridgehead atoms. The topological polar surface area (TPSA) is 49.4 Å². The van der Waals surface area contributed by atoms with Crippen molar-refractivity contribution >= 4 is 11.8 Å². The number of hydrogen-bond donors (Lipinski definition) is 1. The van der Waals surface area contributed by atoms with Gasteiger partial charge in [0.05, 0.1) is 0 Å². The first-order chi connectivity index (χ1) is 12.1. The third kappa shape index (κ3) is 3.14. The van der Waals surface area contributed by atoms with E-state index in [9.17, 15) is 14.0 Å². The summed E-state index contributed by atoms with van der Waals surface area (Å²) in [5.41, 5.74) is 2.16. The fraction of sp³-hybridized carbons (Fsp3) is 0.300. The van der Waals surface area contributed by atoms with E-state index in [0.717, 1.165) is 17.5 Å². The molecule has 25 heavy (non-hydrogen) atoms. The van der Waals surface area contributed by atoms with Crippen molar-refractivity contribution in [3.8, 4) is 11.1 Å². The molecule has 4 rings (SSSR count). The van der Waals surface area contributed by atoms with Crippen molar-refractivity contribution in [2.24, 2.45) is 5.92 Å². The molecule has 2 aliphatic heterocycles. The Morgan fingerprint density at radius 3 is 2.68 bits per heavy atom. The number of fused-ring (bicyclic) bond motifs is 1. The maximum Gasteiger partial charge on any atom is 0.253 e. The number of hydrogen-bond acceptors (Lipinski definition) is 2. The van der Waals surface area contributed by atoms with E-state index in [0.29, 0.717) is 25.1 Å². The van der Waals surface area contributed by atoms with Gasteiger partial charge in [-0.1, -0.05) is 24.3 Å². The van der Waals surface area contributed by atoms with Crippen LogP contribution < -0.4 is 5.32 Å². The van der Waals surface area contributed by atoms with Crippen LogP contribution in [0, 0.1) is 11.7 Å². The molecule has 2 heterocycles. The van der Waals surface area contributed by atoms with Crippen LogP contribution in [0.4, 0.5) is 4.39 Å². The van der Waals surface area contributed by atoms with Gasteiger partial charge in [0.15, 0.2) is 0 Å². The van der Waals surface area contributed by atoms with Crippen molar-refractivity contribution in [2.75, 3.05) is 13.1 Å². The normalized spacial score (nSPS) is 22.4. The number of nitrogens with one attached hydrogen (secondary N) is 1. The Hall–Kier alpha value is -2.69. The maximum absolute atomic E-state index is 13.5. The number of rotatable bonds is 2. The first-order valence-electron chi connectivity index (χ1n) is 8.55. The molecule has 2 atom stereocenters. The zero-order chi connectivity index (χ0) is 17.4. The van der Waals surface area contributed by atoms with Crippen LogP contribution in [0.5, 0.6) is 0 Å². The second-order valence-electron chi connectivity index (χ2n) is 6.77. The smallest absolute Gasteiger partial charge is 0.253 e. The average Bonchev–Trinajstić information content (AvgIpc) is 3.00. The van der Waals surface area contributed by atoms with Crippen molar-refractivity contribution in [1.82, 2.24) is 10.2 Å². The summed E-state index contributed by atoms with van der Waals surface area (Å²) in [7, 11) is 0. The SMILES string of the molecule is O=C1C[C@@H]2CN(C(=O)c3cccc(-c4cccc(F)c4)c3)CC[C@@H]2N1. The maximum atomic E-state index is 13.5. The van der Waals surface area contributed by atoms with Crippen molar-refractivity contribution < 1.29 is 14.0 Å². The van der Waals surface area contributed by atoms with Gasteiger partial charge in [0.25, 0.3) is 5.91 Å². The van der Waals surface area contributed by atoms with Gasteiger partial charge in [-0.25, -0.2) is 4.39 Å². The summed E-state index contributed by atoms with van der Waals surface area (Å²) in [5, 5.41) is 2.98. The van der Waals surface area contributed by atoms with E-state index in [1.165, 1.54) is 12.1 Å². The number of halogens is 1. The van der Waals surface area contributed by atoms with E-state index in [1.54, 1.807) is 18.2 Å². The van der Waals surface area contributed by atoms with E-state index in [1.807, 2.05) is 23.1 Å². The van der Waals surface area contributed by atoms with Gasteiger partial charge in [-0.05, 0) is 41.8 Å². The molecular formula is C20H19FN2O2. The molecule has 0 saturated carbocycles. The number of nitrogens with zero attached hydrogens (tertiary/aromatic N) is 1. The highest BCUT2D eigenvalue weighted by atomic mass is 19.1. The Morgan fingerprint density at radius 2 is 1.88 bits per heavy atom. The van der Waals surface area contributed by atoms with Crippen LogP contribution in [0.1, 0.15) is 23.2 Å². The van der Waals surface area contributed by atoms with Crippen molar-refractivity contribution in [1.29, 1.82) is 0 Å². The Morgan fingerprint density at radius 1 is 1.12 bits per heavy atom. The standard InChI is InChI=1S/C20H19FN2O2/c21-17-6-2-4-14(10-17)13-3-1-5-15(9-13)20(25)23-8-7-18-16(12-23)11-19(24)22-18/h1-6,9-10,16,18H,7-8,11-12H2,(H,22,24)/t16-,18+/m1/s1. The Kier molecular flexibility index (Phi) is 3.99. The molecule has 2 saturated heterocycles. The molecule has 1 N–H and O–H groups in total. The predicted molar refractivity (Wildman–Crippen MR) is 92.4 cm³/mol. The zero-order valence-corrected chi connectivity index (χ0v) is 13.7. The number of piperidine rings is 1. The molecule has 0 unspecified atom stereocenters. The largest absolute Gasteiger partial charge is 0.353 e. The lowest BCUT2D eigenvalue weighted by atomic mass is 9.92. The first-order valence-corrected chi connectivity index (χ1v) is 8.55. The minimum absolute atomic E-state index is 0.0314. The molecular weight excluding hydrogens is 319 g/mol. The Labute approximate surface area is 145 Å². The van der Waals surface area contributed by atoms with Gasteiger partial charge >= 0.3 is 0 Å². The number of benzene rings is 2. The minimum atomic E-state index is -0.297. The summed E-state index contributed by atoms with van der Waals surface area (Å²) < 4.78 is 13.5. The summed E-state index contributed by atoms with van der Waals surface area (Å²) in [4.78, 5) is 26.2. The quantitative estimate of drug-likeness (QED) is 0.915. The van der Waals surface area contributed by atoms with Crippen molar-refractivity contribution in [2.45, 2.75) is 18.9 Å². The van der Waals surface area contributed by atoms with Crippen LogP contribution in [-0.4, -0.2) is 35.8 Å². The van der Waals surface area contributed by atoms with Crippen LogP contribution in [0.3, 0.4) is 0 Å². The summed E-state index contributed by atoms with van der Waals surface area (Å²) in [6, 6.07) is 13.8. The molecule has 0 spiro atoms.